The molecule has 3 fully saturated rings. The Labute approximate surface area is 174 Å². The second kappa shape index (κ2) is 9.16. The lowest BCUT2D eigenvalue weighted by Gasteiger charge is -2.42. The molecule has 1 aromatic rings. The van der Waals surface area contributed by atoms with Crippen LogP contribution in [-0.4, -0.2) is 71.9 Å². The quantitative estimate of drug-likeness (QED) is 0.850. The van der Waals surface area contributed by atoms with Crippen molar-refractivity contribution in [3.05, 3.63) is 29.8 Å². The fourth-order valence-corrected chi connectivity index (χ4v) is 5.09. The largest absolute Gasteiger partial charge is 0.342 e. The van der Waals surface area contributed by atoms with Gasteiger partial charge in [0.15, 0.2) is 0 Å². The van der Waals surface area contributed by atoms with E-state index in [1.807, 2.05) is 36.1 Å². The minimum atomic E-state index is -0.00483. The van der Waals surface area contributed by atoms with E-state index in [1.165, 1.54) is 0 Å². The van der Waals surface area contributed by atoms with Crippen LogP contribution in [0.4, 0.5) is 10.5 Å². The molecule has 3 amide bonds. The smallest absolute Gasteiger partial charge is 0.321 e. The molecule has 4 rings (SSSR count). The van der Waals surface area contributed by atoms with Crippen molar-refractivity contribution < 1.29 is 9.59 Å². The Morgan fingerprint density at radius 2 is 1.69 bits per heavy atom. The van der Waals surface area contributed by atoms with Gasteiger partial charge in [-0.25, -0.2) is 4.79 Å². The lowest BCUT2D eigenvalue weighted by atomic mass is 9.93. The number of piperidine rings is 2. The molecule has 0 unspecified atom stereocenters. The highest BCUT2D eigenvalue weighted by Crippen LogP contribution is 2.26. The van der Waals surface area contributed by atoms with Gasteiger partial charge in [0.1, 0.15) is 0 Å². The highest BCUT2D eigenvalue weighted by molar-refractivity contribution is 5.89. The van der Waals surface area contributed by atoms with Gasteiger partial charge in [0.2, 0.25) is 5.91 Å². The van der Waals surface area contributed by atoms with Crippen molar-refractivity contribution in [1.29, 1.82) is 0 Å². The lowest BCUT2D eigenvalue weighted by Crippen LogP contribution is -2.52. The second-order valence-electron chi connectivity index (χ2n) is 8.88. The highest BCUT2D eigenvalue weighted by Gasteiger charge is 2.34. The molecule has 0 bridgehead atoms. The number of likely N-dealkylation sites (tertiary alicyclic amines) is 3. The Morgan fingerprint density at radius 1 is 0.931 bits per heavy atom. The summed E-state index contributed by atoms with van der Waals surface area (Å²) in [7, 11) is 0. The van der Waals surface area contributed by atoms with Crippen LogP contribution in [0, 0.1) is 12.8 Å². The maximum Gasteiger partial charge on any atom is 0.321 e. The molecule has 0 aliphatic carbocycles. The van der Waals surface area contributed by atoms with E-state index in [2.05, 4.69) is 15.1 Å². The van der Waals surface area contributed by atoms with Crippen LogP contribution in [0.1, 0.15) is 44.1 Å². The van der Waals surface area contributed by atoms with Crippen molar-refractivity contribution in [1.82, 2.24) is 14.7 Å². The number of carbonyl (C=O) groups is 2. The minimum absolute atomic E-state index is 0.00483. The molecule has 6 nitrogen and oxygen atoms in total. The molecule has 29 heavy (non-hydrogen) atoms. The number of benzene rings is 1. The molecule has 0 radical (unpaired) electrons. The van der Waals surface area contributed by atoms with Gasteiger partial charge in [0.05, 0.1) is 5.92 Å². The van der Waals surface area contributed by atoms with Crippen molar-refractivity contribution in [2.24, 2.45) is 5.92 Å². The summed E-state index contributed by atoms with van der Waals surface area (Å²) in [6.07, 6.45) is 6.44. The number of carbonyl (C=O) groups excluding carboxylic acids is 2. The zero-order valence-corrected chi connectivity index (χ0v) is 17.6. The van der Waals surface area contributed by atoms with Gasteiger partial charge in [0, 0.05) is 44.5 Å². The first-order valence-electron chi connectivity index (χ1n) is 11.3. The Bertz CT molecular complexity index is 723. The summed E-state index contributed by atoms with van der Waals surface area (Å²) >= 11 is 0. The third-order valence-electron chi connectivity index (χ3n) is 6.76. The van der Waals surface area contributed by atoms with E-state index in [-0.39, 0.29) is 11.9 Å². The predicted molar refractivity (Wildman–Crippen MR) is 115 cm³/mol. The molecule has 3 aliphatic heterocycles. The molecule has 0 saturated carbocycles. The van der Waals surface area contributed by atoms with Crippen LogP contribution in [0.3, 0.4) is 0 Å². The van der Waals surface area contributed by atoms with E-state index in [9.17, 15) is 9.59 Å². The Morgan fingerprint density at radius 3 is 2.41 bits per heavy atom. The van der Waals surface area contributed by atoms with Crippen LogP contribution in [0.2, 0.25) is 0 Å². The molecule has 0 aromatic heterocycles. The summed E-state index contributed by atoms with van der Waals surface area (Å²) in [4.78, 5) is 31.9. The van der Waals surface area contributed by atoms with Crippen molar-refractivity contribution >= 4 is 17.6 Å². The van der Waals surface area contributed by atoms with Crippen LogP contribution in [0.25, 0.3) is 0 Å². The van der Waals surface area contributed by atoms with Gasteiger partial charge in [-0.1, -0.05) is 12.1 Å². The van der Waals surface area contributed by atoms with E-state index in [0.29, 0.717) is 11.9 Å². The monoisotopic (exact) mass is 398 g/mol. The number of nitrogens with one attached hydrogen (secondary N) is 1. The van der Waals surface area contributed by atoms with E-state index in [1.54, 1.807) is 0 Å². The molecule has 1 N–H and O–H groups in total. The van der Waals surface area contributed by atoms with Gasteiger partial charge in [-0.2, -0.15) is 0 Å². The summed E-state index contributed by atoms with van der Waals surface area (Å²) in [6.45, 7) is 7.47. The lowest BCUT2D eigenvalue weighted by molar-refractivity contribution is -0.136. The summed E-state index contributed by atoms with van der Waals surface area (Å²) < 4.78 is 0. The summed E-state index contributed by atoms with van der Waals surface area (Å²) in [6, 6.07) is 8.41. The van der Waals surface area contributed by atoms with Gasteiger partial charge < -0.3 is 15.1 Å². The third kappa shape index (κ3) is 4.92. The topological polar surface area (TPSA) is 55.9 Å². The van der Waals surface area contributed by atoms with Crippen LogP contribution in [0.5, 0.6) is 0 Å². The SMILES string of the molecule is Cc1cccc(NC(=O)N2CCC(N3CCC[C@@H](C(=O)N4CCCC4)C3)CC2)c1. The molecule has 1 aromatic carbocycles. The van der Waals surface area contributed by atoms with Crippen molar-refractivity contribution in [2.75, 3.05) is 44.6 Å². The van der Waals surface area contributed by atoms with E-state index in [0.717, 1.165) is 89.0 Å². The summed E-state index contributed by atoms with van der Waals surface area (Å²) in [5.41, 5.74) is 2.00. The molecule has 158 valence electrons. The molecular weight excluding hydrogens is 364 g/mol. The Hall–Kier alpha value is -2.08. The maximum absolute atomic E-state index is 12.8. The second-order valence-corrected chi connectivity index (χ2v) is 8.88. The number of hydrogen-bond acceptors (Lipinski definition) is 3. The average molecular weight is 399 g/mol. The van der Waals surface area contributed by atoms with Crippen LogP contribution >= 0.6 is 0 Å². The average Bonchev–Trinajstić information content (AvgIpc) is 3.28. The number of hydrogen-bond donors (Lipinski definition) is 1. The first kappa shape index (κ1) is 20.2. The molecule has 6 heteroatoms. The molecule has 1 atom stereocenters. The first-order chi connectivity index (χ1) is 14.1. The van der Waals surface area contributed by atoms with Crippen LogP contribution < -0.4 is 5.32 Å². The fourth-order valence-electron chi connectivity index (χ4n) is 5.09. The number of anilines is 1. The van der Waals surface area contributed by atoms with Crippen LogP contribution in [0.15, 0.2) is 24.3 Å². The van der Waals surface area contributed by atoms with Crippen molar-refractivity contribution in [3.8, 4) is 0 Å². The van der Waals surface area contributed by atoms with Gasteiger partial charge in [-0.15, -0.1) is 0 Å². The molecule has 3 saturated heterocycles. The van der Waals surface area contributed by atoms with Crippen molar-refractivity contribution in [3.63, 3.8) is 0 Å². The molecule has 0 spiro atoms. The number of rotatable bonds is 3. The molecule has 3 heterocycles. The normalized spacial score (nSPS) is 24.0. The zero-order chi connectivity index (χ0) is 20.2. The Balaban J connectivity index is 1.26. The number of amides is 3. The summed E-state index contributed by atoms with van der Waals surface area (Å²) in [5, 5.41) is 3.02. The third-order valence-corrected chi connectivity index (χ3v) is 6.76. The van der Waals surface area contributed by atoms with Crippen molar-refractivity contribution in [2.45, 2.75) is 51.5 Å². The maximum atomic E-state index is 12.8. The van der Waals surface area contributed by atoms with Gasteiger partial charge >= 0.3 is 6.03 Å². The zero-order valence-electron chi connectivity index (χ0n) is 17.6. The Kier molecular flexibility index (Phi) is 6.38. The number of aryl methyl sites for hydroxylation is 1. The van der Waals surface area contributed by atoms with Gasteiger partial charge in [0.25, 0.3) is 0 Å². The van der Waals surface area contributed by atoms with Gasteiger partial charge in [-0.3, -0.25) is 9.69 Å². The predicted octanol–water partition coefficient (Wildman–Crippen LogP) is 3.33. The number of urea groups is 1. The minimum Gasteiger partial charge on any atom is -0.342 e. The van der Waals surface area contributed by atoms with E-state index in [4.69, 9.17) is 0 Å². The summed E-state index contributed by atoms with van der Waals surface area (Å²) in [5.74, 6) is 0.548. The standard InChI is InChI=1S/C23H34N4O2/c1-18-6-4-8-20(16-18)24-23(29)26-14-9-21(10-15-26)27-13-5-7-19(17-27)22(28)25-11-2-3-12-25/h4,6,8,16,19,21H,2-3,5,7,9-15,17H2,1H3,(H,24,29)/t19-/m1/s1. The number of nitrogens with zero attached hydrogens (tertiary/aromatic N) is 3. The first-order valence-corrected chi connectivity index (χ1v) is 11.3. The molecular formula is C23H34N4O2. The fraction of sp³-hybridized carbons (Fsp3) is 0.652. The van der Waals surface area contributed by atoms with E-state index < -0.39 is 0 Å². The van der Waals surface area contributed by atoms with E-state index >= 15 is 0 Å². The van der Waals surface area contributed by atoms with Gasteiger partial charge in [-0.05, 0) is 69.7 Å². The molecule has 3 aliphatic rings. The van der Waals surface area contributed by atoms with Crippen LogP contribution in [-0.2, 0) is 4.79 Å². The highest BCUT2D eigenvalue weighted by atomic mass is 16.2.